The normalized spacial score (nSPS) is 12.3. The number of hydrogen-bond donors (Lipinski definition) is 1. The molecule has 20 heavy (non-hydrogen) atoms. The van der Waals surface area contributed by atoms with E-state index in [1.54, 1.807) is 11.8 Å². The number of benzene rings is 1. The lowest BCUT2D eigenvalue weighted by Crippen LogP contribution is -2.05. The highest BCUT2D eigenvalue weighted by Crippen LogP contribution is 2.32. The second-order valence-electron chi connectivity index (χ2n) is 4.39. The second-order valence-corrected chi connectivity index (χ2v) is 7.13. The molecule has 1 atom stereocenters. The lowest BCUT2D eigenvalue weighted by atomic mass is 10.00. The third-order valence-corrected chi connectivity index (χ3v) is 5.30. The van der Waals surface area contributed by atoms with E-state index >= 15 is 0 Å². The Labute approximate surface area is 131 Å². The number of carbonyl (C=O) groups excluding carboxylic acids is 1. The number of ketones is 1. The number of thiophene rings is 1. The third-order valence-electron chi connectivity index (χ3n) is 3.10. The number of hydrogen-bond acceptors (Lipinski definition) is 5. The monoisotopic (exact) mass is 324 g/mol. The van der Waals surface area contributed by atoms with Crippen molar-refractivity contribution < 1.29 is 9.35 Å². The Bertz CT molecular complexity index is 579. The van der Waals surface area contributed by atoms with Crippen molar-refractivity contribution >= 4 is 40.9 Å². The van der Waals surface area contributed by atoms with Gasteiger partial charge >= 0.3 is 0 Å². The van der Waals surface area contributed by atoms with Crippen LogP contribution in [0.3, 0.4) is 0 Å². The van der Waals surface area contributed by atoms with Crippen LogP contribution in [-0.2, 0) is 6.42 Å². The van der Waals surface area contributed by atoms with Crippen LogP contribution in [0.4, 0.5) is 0 Å². The molecule has 1 heterocycles. The molecule has 0 amide bonds. The minimum atomic E-state index is -0.0340. The Hall–Kier alpha value is -0.750. The molecule has 5 heteroatoms. The standard InChI is InChI=1S/C15H16O2S3/c1-10(20-17)13-9-12(18-2)6-5-11(13)8-14(16)15-4-3-7-19-15/h3-7,9-10,17H,8H2,1-2H3/t10-/m1/s1. The Kier molecular flexibility index (Phi) is 5.72. The van der Waals surface area contributed by atoms with Crippen LogP contribution in [0.2, 0.25) is 0 Å². The average molecular weight is 324 g/mol. The maximum Gasteiger partial charge on any atom is 0.177 e. The van der Waals surface area contributed by atoms with Crippen LogP contribution in [0.5, 0.6) is 0 Å². The molecule has 1 aromatic heterocycles. The van der Waals surface area contributed by atoms with Crippen LogP contribution in [0.25, 0.3) is 0 Å². The minimum Gasteiger partial charge on any atom is -0.329 e. The topological polar surface area (TPSA) is 37.3 Å². The smallest absolute Gasteiger partial charge is 0.177 e. The van der Waals surface area contributed by atoms with Crippen LogP contribution < -0.4 is 0 Å². The Morgan fingerprint density at radius 3 is 2.80 bits per heavy atom. The van der Waals surface area contributed by atoms with Crippen LogP contribution in [-0.4, -0.2) is 16.6 Å². The zero-order valence-electron chi connectivity index (χ0n) is 11.3. The molecule has 0 radical (unpaired) electrons. The fourth-order valence-corrected chi connectivity index (χ4v) is 3.44. The van der Waals surface area contributed by atoms with E-state index in [-0.39, 0.29) is 11.0 Å². The van der Waals surface area contributed by atoms with Crippen LogP contribution in [0.15, 0.2) is 40.6 Å². The van der Waals surface area contributed by atoms with Gasteiger partial charge in [0.05, 0.1) is 10.1 Å². The van der Waals surface area contributed by atoms with Gasteiger partial charge in [-0.3, -0.25) is 4.79 Å². The van der Waals surface area contributed by atoms with Gasteiger partial charge in [-0.1, -0.05) is 12.1 Å². The maximum atomic E-state index is 12.2. The van der Waals surface area contributed by atoms with E-state index in [1.165, 1.54) is 11.3 Å². The van der Waals surface area contributed by atoms with Gasteiger partial charge in [0.25, 0.3) is 0 Å². The van der Waals surface area contributed by atoms with Gasteiger partial charge in [0, 0.05) is 11.3 Å². The van der Waals surface area contributed by atoms with Gasteiger partial charge in [-0.05, 0) is 59.9 Å². The molecular formula is C15H16O2S3. The molecule has 0 saturated heterocycles. The molecule has 2 rings (SSSR count). The summed E-state index contributed by atoms with van der Waals surface area (Å²) in [7, 11) is 0. The third kappa shape index (κ3) is 3.67. The fraction of sp³-hybridized carbons (Fsp3) is 0.267. The van der Waals surface area contributed by atoms with Crippen molar-refractivity contribution in [2.75, 3.05) is 6.26 Å². The first-order valence-electron chi connectivity index (χ1n) is 6.19. The van der Waals surface area contributed by atoms with E-state index < -0.39 is 0 Å². The molecule has 106 valence electrons. The van der Waals surface area contributed by atoms with Crippen LogP contribution in [0.1, 0.15) is 33.0 Å². The summed E-state index contributed by atoms with van der Waals surface area (Å²) in [6.07, 6.45) is 2.40. The molecule has 0 spiro atoms. The first-order chi connectivity index (χ1) is 9.65. The lowest BCUT2D eigenvalue weighted by Gasteiger charge is -2.14. The van der Waals surface area contributed by atoms with Crippen molar-refractivity contribution in [3.63, 3.8) is 0 Å². The highest BCUT2D eigenvalue weighted by Gasteiger charge is 2.15. The predicted molar refractivity (Wildman–Crippen MR) is 89.2 cm³/mol. The summed E-state index contributed by atoms with van der Waals surface area (Å²) in [4.78, 5) is 14.2. The Morgan fingerprint density at radius 1 is 1.40 bits per heavy atom. The van der Waals surface area contributed by atoms with Gasteiger partial charge in [0.15, 0.2) is 5.78 Å². The summed E-state index contributed by atoms with van der Waals surface area (Å²) in [5, 5.41) is 1.88. The van der Waals surface area contributed by atoms with Crippen molar-refractivity contribution in [3.05, 3.63) is 51.7 Å². The second kappa shape index (κ2) is 7.31. The van der Waals surface area contributed by atoms with E-state index in [0.29, 0.717) is 6.42 Å². The summed E-state index contributed by atoms with van der Waals surface area (Å²) in [6.45, 7) is 1.95. The summed E-state index contributed by atoms with van der Waals surface area (Å²) < 4.78 is 9.32. The van der Waals surface area contributed by atoms with E-state index in [2.05, 4.69) is 6.07 Å². The lowest BCUT2D eigenvalue weighted by molar-refractivity contribution is 0.0996. The molecule has 0 bridgehead atoms. The number of Topliss-reactive ketones (excluding diaryl/α,β-unsaturated/α-hetero) is 1. The first-order valence-corrected chi connectivity index (χ1v) is 9.13. The molecular weight excluding hydrogens is 308 g/mol. The van der Waals surface area contributed by atoms with Gasteiger partial charge in [0.2, 0.25) is 0 Å². The quantitative estimate of drug-likeness (QED) is 0.452. The van der Waals surface area contributed by atoms with E-state index in [9.17, 15) is 9.35 Å². The molecule has 0 aliphatic rings. The zero-order valence-corrected chi connectivity index (χ0v) is 13.8. The molecule has 0 saturated carbocycles. The molecule has 1 aromatic carbocycles. The molecule has 0 unspecified atom stereocenters. The average Bonchev–Trinajstić information content (AvgIpc) is 3.01. The van der Waals surface area contributed by atoms with Crippen molar-refractivity contribution in [2.45, 2.75) is 23.5 Å². The Balaban J connectivity index is 2.28. The summed E-state index contributed by atoms with van der Waals surface area (Å²) in [6, 6.07) is 9.84. The molecule has 2 nitrogen and oxygen atoms in total. The molecule has 1 N–H and O–H groups in total. The summed E-state index contributed by atoms with van der Waals surface area (Å²) >= 11 is 3.95. The molecule has 0 aliphatic heterocycles. The van der Waals surface area contributed by atoms with Crippen molar-refractivity contribution in [1.29, 1.82) is 0 Å². The molecule has 0 aliphatic carbocycles. The van der Waals surface area contributed by atoms with Gasteiger partial charge < -0.3 is 4.55 Å². The zero-order chi connectivity index (χ0) is 14.5. The SMILES string of the molecule is CSc1ccc(CC(=O)c2cccs2)c([C@@H](C)SO)c1. The summed E-state index contributed by atoms with van der Waals surface area (Å²) in [5.74, 6) is 0.133. The van der Waals surface area contributed by atoms with E-state index in [0.717, 1.165) is 32.9 Å². The number of rotatable bonds is 6. The van der Waals surface area contributed by atoms with E-state index in [4.69, 9.17) is 0 Å². The van der Waals surface area contributed by atoms with Gasteiger partial charge in [-0.2, -0.15) is 0 Å². The largest absolute Gasteiger partial charge is 0.329 e. The fourth-order valence-electron chi connectivity index (χ4n) is 1.99. The maximum absolute atomic E-state index is 12.2. The summed E-state index contributed by atoms with van der Waals surface area (Å²) in [5.41, 5.74) is 2.03. The number of carbonyl (C=O) groups is 1. The van der Waals surface area contributed by atoms with Crippen molar-refractivity contribution in [3.8, 4) is 0 Å². The highest BCUT2D eigenvalue weighted by atomic mass is 32.2. The van der Waals surface area contributed by atoms with Crippen molar-refractivity contribution in [2.24, 2.45) is 0 Å². The van der Waals surface area contributed by atoms with Crippen molar-refractivity contribution in [1.82, 2.24) is 0 Å². The predicted octanol–water partition coefficient (Wildman–Crippen LogP) is 5.16. The van der Waals surface area contributed by atoms with Crippen LogP contribution in [0, 0.1) is 0 Å². The van der Waals surface area contributed by atoms with Gasteiger partial charge in [-0.25, -0.2) is 0 Å². The number of thioether (sulfide) groups is 1. The Morgan fingerprint density at radius 2 is 2.20 bits per heavy atom. The first kappa shape index (κ1) is 15.6. The highest BCUT2D eigenvalue weighted by molar-refractivity contribution is 7.98. The minimum absolute atomic E-state index is 0.0340. The van der Waals surface area contributed by atoms with Gasteiger partial charge in [-0.15, -0.1) is 23.1 Å². The molecule has 2 aromatic rings. The molecule has 0 fully saturated rings. The van der Waals surface area contributed by atoms with Gasteiger partial charge in [0.1, 0.15) is 0 Å². The van der Waals surface area contributed by atoms with E-state index in [1.807, 2.05) is 42.8 Å². The van der Waals surface area contributed by atoms with Crippen LogP contribution >= 0.6 is 35.1 Å².